The van der Waals surface area contributed by atoms with Gasteiger partial charge in [0.2, 0.25) is 5.91 Å². The molecule has 0 aliphatic rings. The third-order valence-corrected chi connectivity index (χ3v) is 6.58. The number of carbonyl (C=O) groups excluding carboxylic acids is 1. The molecule has 1 heterocycles. The fourth-order valence-electron chi connectivity index (χ4n) is 4.57. The second kappa shape index (κ2) is 12.5. The van der Waals surface area contributed by atoms with Crippen molar-refractivity contribution in [1.82, 2.24) is 15.2 Å². The summed E-state index contributed by atoms with van der Waals surface area (Å²) in [7, 11) is 3.29. The van der Waals surface area contributed by atoms with Crippen LogP contribution in [-0.2, 0) is 4.79 Å². The van der Waals surface area contributed by atoms with Crippen LogP contribution in [-0.4, -0.2) is 55.7 Å². The highest BCUT2D eigenvalue weighted by molar-refractivity contribution is 5.86. The van der Waals surface area contributed by atoms with Crippen LogP contribution in [0.2, 0.25) is 0 Å². The summed E-state index contributed by atoms with van der Waals surface area (Å²) < 4.78 is 11.0. The van der Waals surface area contributed by atoms with Crippen LogP contribution in [0.15, 0.2) is 48.7 Å². The molecule has 2 aromatic carbocycles. The lowest BCUT2D eigenvalue weighted by Crippen LogP contribution is -2.34. The summed E-state index contributed by atoms with van der Waals surface area (Å²) >= 11 is 0. The van der Waals surface area contributed by atoms with E-state index in [1.54, 1.807) is 14.2 Å². The molecule has 34 heavy (non-hydrogen) atoms. The second-order valence-electron chi connectivity index (χ2n) is 8.83. The first-order valence-electron chi connectivity index (χ1n) is 12.3. The van der Waals surface area contributed by atoms with Gasteiger partial charge in [-0.3, -0.25) is 4.79 Å². The molecule has 6 heteroatoms. The van der Waals surface area contributed by atoms with Gasteiger partial charge >= 0.3 is 0 Å². The highest BCUT2D eigenvalue weighted by Crippen LogP contribution is 2.37. The van der Waals surface area contributed by atoms with E-state index < -0.39 is 0 Å². The zero-order valence-corrected chi connectivity index (χ0v) is 21.2. The number of fused-ring (bicyclic) bond motifs is 1. The first-order chi connectivity index (χ1) is 16.5. The van der Waals surface area contributed by atoms with Crippen LogP contribution in [0.5, 0.6) is 11.5 Å². The standard InChI is InChI=1S/C28H39N3O3/c1-6-31(7-2)14-10-11-20(3)30-28(32)18-25(21-15-22(33-4)17-23(16-21)34-5)26-19-29-27-13-9-8-12-24(26)27/h8-9,12-13,15-17,19-20,25,29H,6-7,10-11,14,18H2,1-5H3,(H,30,32). The number of rotatable bonds is 13. The normalized spacial score (nSPS) is 13.1. The van der Waals surface area contributed by atoms with E-state index in [2.05, 4.69) is 48.1 Å². The van der Waals surface area contributed by atoms with Crippen molar-refractivity contribution in [3.8, 4) is 11.5 Å². The minimum atomic E-state index is -0.136. The molecule has 3 rings (SSSR count). The minimum absolute atomic E-state index is 0.0485. The Bertz CT molecular complexity index is 1040. The lowest BCUT2D eigenvalue weighted by Gasteiger charge is -2.22. The van der Waals surface area contributed by atoms with E-state index in [1.807, 2.05) is 36.5 Å². The van der Waals surface area contributed by atoms with E-state index in [0.717, 1.165) is 54.5 Å². The van der Waals surface area contributed by atoms with Gasteiger partial charge in [0.1, 0.15) is 11.5 Å². The predicted octanol–water partition coefficient (Wildman–Crippen LogP) is 5.33. The molecule has 1 amide bonds. The molecule has 0 fully saturated rings. The number of para-hydroxylation sites is 1. The molecule has 0 bridgehead atoms. The van der Waals surface area contributed by atoms with Crippen molar-refractivity contribution in [2.75, 3.05) is 33.9 Å². The van der Waals surface area contributed by atoms with Gasteiger partial charge in [0.25, 0.3) is 0 Å². The van der Waals surface area contributed by atoms with E-state index in [4.69, 9.17) is 9.47 Å². The third kappa shape index (κ3) is 6.54. The van der Waals surface area contributed by atoms with E-state index >= 15 is 0 Å². The summed E-state index contributed by atoms with van der Waals surface area (Å²) in [6.45, 7) is 9.66. The number of carbonyl (C=O) groups is 1. The van der Waals surface area contributed by atoms with Crippen molar-refractivity contribution in [3.63, 3.8) is 0 Å². The van der Waals surface area contributed by atoms with Gasteiger partial charge < -0.3 is 24.7 Å². The maximum atomic E-state index is 13.2. The van der Waals surface area contributed by atoms with Gasteiger partial charge in [-0.15, -0.1) is 0 Å². The number of aromatic nitrogens is 1. The molecule has 0 spiro atoms. The number of ether oxygens (including phenoxy) is 2. The van der Waals surface area contributed by atoms with Crippen molar-refractivity contribution in [3.05, 3.63) is 59.8 Å². The zero-order valence-electron chi connectivity index (χ0n) is 21.2. The Kier molecular flexibility index (Phi) is 9.40. The molecule has 0 radical (unpaired) electrons. The van der Waals surface area contributed by atoms with Crippen LogP contribution < -0.4 is 14.8 Å². The number of nitrogens with one attached hydrogen (secondary N) is 2. The van der Waals surface area contributed by atoms with Crippen LogP contribution in [0.1, 0.15) is 57.1 Å². The number of hydrogen-bond donors (Lipinski definition) is 2. The van der Waals surface area contributed by atoms with Gasteiger partial charge in [0, 0.05) is 41.5 Å². The fourth-order valence-corrected chi connectivity index (χ4v) is 4.57. The maximum Gasteiger partial charge on any atom is 0.221 e. The van der Waals surface area contributed by atoms with Gasteiger partial charge in [-0.2, -0.15) is 0 Å². The Morgan fingerprint density at radius 2 is 1.74 bits per heavy atom. The summed E-state index contributed by atoms with van der Waals surface area (Å²) in [5.74, 6) is 1.34. The predicted molar refractivity (Wildman–Crippen MR) is 139 cm³/mol. The summed E-state index contributed by atoms with van der Waals surface area (Å²) in [4.78, 5) is 19.0. The lowest BCUT2D eigenvalue weighted by molar-refractivity contribution is -0.121. The number of aromatic amines is 1. The van der Waals surface area contributed by atoms with Crippen LogP contribution in [0.3, 0.4) is 0 Å². The summed E-state index contributed by atoms with van der Waals surface area (Å²) in [6, 6.07) is 14.2. The SMILES string of the molecule is CCN(CC)CCCC(C)NC(=O)CC(c1cc(OC)cc(OC)c1)c1c[nH]c2ccccc12. The number of amides is 1. The summed E-state index contributed by atoms with van der Waals surface area (Å²) in [6.07, 6.45) is 4.40. The molecule has 2 unspecified atom stereocenters. The second-order valence-corrected chi connectivity index (χ2v) is 8.83. The zero-order chi connectivity index (χ0) is 24.5. The lowest BCUT2D eigenvalue weighted by atomic mass is 9.87. The smallest absolute Gasteiger partial charge is 0.221 e. The van der Waals surface area contributed by atoms with Gasteiger partial charge in [0.15, 0.2) is 0 Å². The number of methoxy groups -OCH3 is 2. The van der Waals surface area contributed by atoms with Crippen LogP contribution in [0, 0.1) is 0 Å². The molecule has 6 nitrogen and oxygen atoms in total. The molecule has 2 N–H and O–H groups in total. The van der Waals surface area contributed by atoms with E-state index in [1.165, 1.54) is 0 Å². The van der Waals surface area contributed by atoms with E-state index in [0.29, 0.717) is 17.9 Å². The molecule has 0 saturated carbocycles. The number of benzene rings is 2. The summed E-state index contributed by atoms with van der Waals surface area (Å²) in [5, 5.41) is 4.35. The monoisotopic (exact) mass is 465 g/mol. The molecule has 184 valence electrons. The maximum absolute atomic E-state index is 13.2. The van der Waals surface area contributed by atoms with Crippen molar-refractivity contribution in [2.45, 2.75) is 52.0 Å². The average Bonchev–Trinajstić information content (AvgIpc) is 3.28. The highest BCUT2D eigenvalue weighted by atomic mass is 16.5. The summed E-state index contributed by atoms with van der Waals surface area (Å²) in [5.41, 5.74) is 3.14. The topological polar surface area (TPSA) is 66.6 Å². The number of H-pyrrole nitrogens is 1. The van der Waals surface area contributed by atoms with Crippen molar-refractivity contribution in [2.24, 2.45) is 0 Å². The Morgan fingerprint density at radius 1 is 1.06 bits per heavy atom. The van der Waals surface area contributed by atoms with Gasteiger partial charge in [-0.25, -0.2) is 0 Å². The Hall–Kier alpha value is -2.99. The minimum Gasteiger partial charge on any atom is -0.497 e. The molecular weight excluding hydrogens is 426 g/mol. The van der Waals surface area contributed by atoms with Crippen LogP contribution in [0.25, 0.3) is 10.9 Å². The fraction of sp³-hybridized carbons (Fsp3) is 0.464. The Morgan fingerprint density at radius 3 is 2.38 bits per heavy atom. The molecule has 0 aliphatic carbocycles. The van der Waals surface area contributed by atoms with E-state index in [9.17, 15) is 4.79 Å². The largest absolute Gasteiger partial charge is 0.497 e. The van der Waals surface area contributed by atoms with Gasteiger partial charge in [-0.05, 0) is 68.7 Å². The third-order valence-electron chi connectivity index (χ3n) is 6.58. The highest BCUT2D eigenvalue weighted by Gasteiger charge is 2.23. The van der Waals surface area contributed by atoms with E-state index in [-0.39, 0.29) is 17.9 Å². The molecular formula is C28H39N3O3. The van der Waals surface area contributed by atoms with Crippen molar-refractivity contribution < 1.29 is 14.3 Å². The molecule has 2 atom stereocenters. The molecule has 1 aromatic heterocycles. The first-order valence-corrected chi connectivity index (χ1v) is 12.3. The molecule has 3 aromatic rings. The Balaban J connectivity index is 1.80. The van der Waals surface area contributed by atoms with Gasteiger partial charge in [-0.1, -0.05) is 32.0 Å². The van der Waals surface area contributed by atoms with Crippen LogP contribution in [0.4, 0.5) is 0 Å². The Labute approximate surface area is 203 Å². The molecule has 0 aliphatic heterocycles. The number of nitrogens with zero attached hydrogens (tertiary/aromatic N) is 1. The van der Waals surface area contributed by atoms with Gasteiger partial charge in [0.05, 0.1) is 14.2 Å². The van der Waals surface area contributed by atoms with Crippen molar-refractivity contribution in [1.29, 1.82) is 0 Å². The number of hydrogen-bond acceptors (Lipinski definition) is 4. The van der Waals surface area contributed by atoms with Crippen molar-refractivity contribution >= 4 is 16.8 Å². The average molecular weight is 466 g/mol. The van der Waals surface area contributed by atoms with Crippen LogP contribution >= 0.6 is 0 Å². The first kappa shape index (κ1) is 25.6. The molecule has 0 saturated heterocycles. The quantitative estimate of drug-likeness (QED) is 0.358.